The molecule has 0 aliphatic carbocycles. The van der Waals surface area contributed by atoms with Crippen LogP contribution in [0.25, 0.3) is 0 Å². The van der Waals surface area contributed by atoms with Crippen molar-refractivity contribution in [3.05, 3.63) is 22.4 Å². The van der Waals surface area contributed by atoms with Crippen molar-refractivity contribution in [3.8, 4) is 0 Å². The minimum Gasteiger partial charge on any atom is -0.466 e. The normalized spacial score (nSPS) is 9.62. The second-order valence-electron chi connectivity index (χ2n) is 2.42. The minimum atomic E-state index is -0.460. The Morgan fingerprint density at radius 3 is 2.85 bits per heavy atom. The molecule has 4 heteroatoms. The summed E-state index contributed by atoms with van der Waals surface area (Å²) in [5.74, 6) is -0.640. The summed E-state index contributed by atoms with van der Waals surface area (Å²) in [5.41, 5.74) is 0.582. The summed E-state index contributed by atoms with van der Waals surface area (Å²) in [6.07, 6.45) is -0.162. The van der Waals surface area contributed by atoms with Crippen molar-refractivity contribution in [3.63, 3.8) is 0 Å². The lowest BCUT2D eigenvalue weighted by Gasteiger charge is -1.98. The summed E-state index contributed by atoms with van der Waals surface area (Å²) >= 11 is 1.44. The largest absolute Gasteiger partial charge is 0.466 e. The first-order valence-corrected chi connectivity index (χ1v) is 4.89. The lowest BCUT2D eigenvalue weighted by Crippen LogP contribution is -2.10. The van der Waals surface area contributed by atoms with Crippen LogP contribution < -0.4 is 0 Å². The second-order valence-corrected chi connectivity index (χ2v) is 3.20. The smallest absolute Gasteiger partial charge is 0.313 e. The van der Waals surface area contributed by atoms with Gasteiger partial charge in [-0.2, -0.15) is 11.3 Å². The van der Waals surface area contributed by atoms with E-state index in [-0.39, 0.29) is 12.2 Å². The highest BCUT2D eigenvalue weighted by molar-refractivity contribution is 7.08. The van der Waals surface area contributed by atoms with Crippen molar-refractivity contribution in [1.82, 2.24) is 0 Å². The predicted octanol–water partition coefficient (Wildman–Crippen LogP) is 1.88. The molecule has 3 nitrogen and oxygen atoms in total. The number of rotatable bonds is 4. The van der Waals surface area contributed by atoms with E-state index in [4.69, 9.17) is 0 Å². The van der Waals surface area contributed by atoms with Crippen LogP contribution >= 0.6 is 11.3 Å². The first-order valence-electron chi connectivity index (χ1n) is 3.95. The third-order valence-electron chi connectivity index (χ3n) is 1.45. The number of hydrogen-bond donors (Lipinski definition) is 0. The Kier molecular flexibility index (Phi) is 3.64. The van der Waals surface area contributed by atoms with Gasteiger partial charge in [-0.1, -0.05) is 0 Å². The summed E-state index contributed by atoms with van der Waals surface area (Å²) in [7, 11) is 0. The molecular weight excluding hydrogens is 188 g/mol. The lowest BCUT2D eigenvalue weighted by atomic mass is 10.2. The van der Waals surface area contributed by atoms with E-state index in [0.717, 1.165) is 0 Å². The van der Waals surface area contributed by atoms with Crippen LogP contribution in [0.15, 0.2) is 16.8 Å². The van der Waals surface area contributed by atoms with Gasteiger partial charge in [-0.15, -0.1) is 0 Å². The predicted molar refractivity (Wildman–Crippen MR) is 49.9 cm³/mol. The van der Waals surface area contributed by atoms with Gasteiger partial charge in [0, 0.05) is 10.9 Å². The molecule has 0 radical (unpaired) electrons. The monoisotopic (exact) mass is 198 g/mol. The number of thiophene rings is 1. The van der Waals surface area contributed by atoms with Gasteiger partial charge in [0.25, 0.3) is 0 Å². The van der Waals surface area contributed by atoms with E-state index in [2.05, 4.69) is 4.74 Å². The van der Waals surface area contributed by atoms with Crippen LogP contribution in [0.2, 0.25) is 0 Å². The molecule has 0 N–H and O–H groups in total. The molecule has 0 fully saturated rings. The summed E-state index contributed by atoms with van der Waals surface area (Å²) in [6.45, 7) is 2.03. The molecule has 1 aromatic rings. The van der Waals surface area contributed by atoms with Crippen molar-refractivity contribution in [2.24, 2.45) is 0 Å². The first-order chi connectivity index (χ1) is 6.24. The topological polar surface area (TPSA) is 43.4 Å². The van der Waals surface area contributed by atoms with E-state index in [0.29, 0.717) is 12.2 Å². The SMILES string of the molecule is CCOC(=O)CC(=O)c1ccsc1. The molecule has 1 aromatic heterocycles. The number of esters is 1. The molecule has 0 aromatic carbocycles. The fourth-order valence-corrected chi connectivity index (χ4v) is 1.53. The van der Waals surface area contributed by atoms with Gasteiger partial charge in [0.1, 0.15) is 6.42 Å². The standard InChI is InChI=1S/C9H10O3S/c1-2-12-9(11)5-8(10)7-3-4-13-6-7/h3-4,6H,2,5H2,1H3. The molecular formula is C9H10O3S. The number of ether oxygens (including phenoxy) is 1. The summed E-state index contributed by atoms with van der Waals surface area (Å²) in [4.78, 5) is 22.2. The summed E-state index contributed by atoms with van der Waals surface area (Å²) in [5, 5.41) is 3.53. The maximum Gasteiger partial charge on any atom is 0.313 e. The fourth-order valence-electron chi connectivity index (χ4n) is 0.868. The van der Waals surface area contributed by atoms with Gasteiger partial charge in [-0.05, 0) is 18.4 Å². The Hall–Kier alpha value is -1.16. The minimum absolute atomic E-state index is 0.162. The molecule has 0 saturated heterocycles. The summed E-state index contributed by atoms with van der Waals surface area (Å²) < 4.78 is 4.65. The molecule has 1 heterocycles. The molecule has 0 bridgehead atoms. The third-order valence-corrected chi connectivity index (χ3v) is 2.14. The number of Topliss-reactive ketones (excluding diaryl/α,β-unsaturated/α-hetero) is 1. The maximum absolute atomic E-state index is 11.3. The second kappa shape index (κ2) is 4.77. The molecule has 1 rings (SSSR count). The van der Waals surface area contributed by atoms with Crippen LogP contribution in [0.3, 0.4) is 0 Å². The van der Waals surface area contributed by atoms with E-state index >= 15 is 0 Å². The zero-order valence-corrected chi connectivity index (χ0v) is 8.10. The Morgan fingerprint density at radius 1 is 1.54 bits per heavy atom. The van der Waals surface area contributed by atoms with Crippen molar-refractivity contribution >= 4 is 23.1 Å². The number of carbonyl (C=O) groups excluding carboxylic acids is 2. The van der Waals surface area contributed by atoms with Gasteiger partial charge in [0.2, 0.25) is 0 Å². The van der Waals surface area contributed by atoms with Crippen LogP contribution in [0.4, 0.5) is 0 Å². The molecule has 70 valence electrons. The molecule has 0 unspecified atom stereocenters. The van der Waals surface area contributed by atoms with Gasteiger partial charge in [-0.3, -0.25) is 9.59 Å². The number of ketones is 1. The van der Waals surface area contributed by atoms with E-state index in [1.165, 1.54) is 11.3 Å². The average molecular weight is 198 g/mol. The van der Waals surface area contributed by atoms with Crippen LogP contribution in [0.1, 0.15) is 23.7 Å². The third kappa shape index (κ3) is 2.99. The van der Waals surface area contributed by atoms with Gasteiger partial charge in [-0.25, -0.2) is 0 Å². The van der Waals surface area contributed by atoms with Crippen molar-refractivity contribution < 1.29 is 14.3 Å². The van der Waals surface area contributed by atoms with E-state index in [9.17, 15) is 9.59 Å². The van der Waals surface area contributed by atoms with E-state index < -0.39 is 5.97 Å². The Labute approximate surface area is 80.3 Å². The molecule has 0 saturated carbocycles. The highest BCUT2D eigenvalue weighted by atomic mass is 32.1. The zero-order chi connectivity index (χ0) is 9.68. The van der Waals surface area contributed by atoms with Crippen LogP contribution in [0, 0.1) is 0 Å². The highest BCUT2D eigenvalue weighted by Crippen LogP contribution is 2.08. The van der Waals surface area contributed by atoms with Gasteiger partial charge < -0.3 is 4.74 Å². The average Bonchev–Trinajstić information content (AvgIpc) is 2.55. The fraction of sp³-hybridized carbons (Fsp3) is 0.333. The van der Waals surface area contributed by atoms with Crippen molar-refractivity contribution in [2.75, 3.05) is 6.61 Å². The van der Waals surface area contributed by atoms with E-state index in [1.54, 1.807) is 23.8 Å². The van der Waals surface area contributed by atoms with Crippen molar-refractivity contribution in [1.29, 1.82) is 0 Å². The summed E-state index contributed by atoms with van der Waals surface area (Å²) in [6, 6.07) is 1.70. The molecule has 0 atom stereocenters. The van der Waals surface area contributed by atoms with Crippen molar-refractivity contribution in [2.45, 2.75) is 13.3 Å². The number of carbonyl (C=O) groups is 2. The van der Waals surface area contributed by atoms with Crippen LogP contribution in [-0.2, 0) is 9.53 Å². The van der Waals surface area contributed by atoms with Gasteiger partial charge in [0.05, 0.1) is 6.61 Å². The molecule has 13 heavy (non-hydrogen) atoms. The zero-order valence-electron chi connectivity index (χ0n) is 7.28. The number of hydrogen-bond acceptors (Lipinski definition) is 4. The van der Waals surface area contributed by atoms with Crippen LogP contribution in [-0.4, -0.2) is 18.4 Å². The van der Waals surface area contributed by atoms with E-state index in [1.807, 2.05) is 0 Å². The van der Waals surface area contributed by atoms with Gasteiger partial charge >= 0.3 is 5.97 Å². The Bertz CT molecular complexity index is 290. The quantitative estimate of drug-likeness (QED) is 0.421. The van der Waals surface area contributed by atoms with Gasteiger partial charge in [0.15, 0.2) is 5.78 Å². The maximum atomic E-state index is 11.3. The Balaban J connectivity index is 2.47. The lowest BCUT2D eigenvalue weighted by molar-refractivity contribution is -0.141. The van der Waals surface area contributed by atoms with Crippen LogP contribution in [0.5, 0.6) is 0 Å². The highest BCUT2D eigenvalue weighted by Gasteiger charge is 2.12. The molecule has 0 aliphatic rings. The first kappa shape index (κ1) is 9.92. The molecule has 0 amide bonds. The Morgan fingerprint density at radius 2 is 2.31 bits per heavy atom. The molecule has 0 aliphatic heterocycles. The molecule has 0 spiro atoms.